The van der Waals surface area contributed by atoms with Gasteiger partial charge >= 0.3 is 5.97 Å². The number of hydrogen-bond donors (Lipinski definition) is 1. The molecular formula is C21H21N5O3S2. The van der Waals surface area contributed by atoms with Crippen molar-refractivity contribution in [2.45, 2.75) is 32.5 Å². The molecule has 1 amide bonds. The maximum absolute atomic E-state index is 12.5. The van der Waals surface area contributed by atoms with Crippen LogP contribution in [0.25, 0.3) is 11.4 Å². The van der Waals surface area contributed by atoms with Crippen LogP contribution in [0.15, 0.2) is 35.5 Å². The first-order valence-corrected chi connectivity index (χ1v) is 11.4. The van der Waals surface area contributed by atoms with Gasteiger partial charge < -0.3 is 14.6 Å². The zero-order chi connectivity index (χ0) is 22.4. The van der Waals surface area contributed by atoms with E-state index in [2.05, 4.69) is 21.6 Å². The lowest BCUT2D eigenvalue weighted by Crippen LogP contribution is -2.14. The third kappa shape index (κ3) is 4.95. The summed E-state index contributed by atoms with van der Waals surface area (Å²) in [6.07, 6.45) is 0. The Hall–Kier alpha value is -3.16. The van der Waals surface area contributed by atoms with E-state index in [1.54, 1.807) is 13.8 Å². The summed E-state index contributed by atoms with van der Waals surface area (Å²) >= 11 is 2.31. The fourth-order valence-corrected chi connectivity index (χ4v) is 4.77. The van der Waals surface area contributed by atoms with Gasteiger partial charge in [0.05, 0.1) is 17.9 Å². The monoisotopic (exact) mass is 455 g/mol. The van der Waals surface area contributed by atoms with E-state index in [4.69, 9.17) is 4.74 Å². The highest BCUT2D eigenvalue weighted by atomic mass is 32.2. The largest absolute Gasteiger partial charge is 0.462 e. The zero-order valence-electron chi connectivity index (χ0n) is 17.3. The second kappa shape index (κ2) is 10.2. The Morgan fingerprint density at radius 2 is 2.00 bits per heavy atom. The minimum atomic E-state index is -0.499. The summed E-state index contributed by atoms with van der Waals surface area (Å²) < 4.78 is 6.97. The predicted molar refractivity (Wildman–Crippen MR) is 120 cm³/mol. The van der Waals surface area contributed by atoms with Gasteiger partial charge in [0.15, 0.2) is 11.0 Å². The molecular weight excluding hydrogens is 434 g/mol. The van der Waals surface area contributed by atoms with Crippen molar-refractivity contribution in [3.8, 4) is 17.5 Å². The highest BCUT2D eigenvalue weighted by Crippen LogP contribution is 2.33. The number of nitrogens with zero attached hydrogens (tertiary/aromatic N) is 4. The first-order chi connectivity index (χ1) is 15.0. The van der Waals surface area contributed by atoms with Gasteiger partial charge in [-0.15, -0.1) is 21.5 Å². The van der Waals surface area contributed by atoms with Gasteiger partial charge in [0, 0.05) is 12.1 Å². The minimum absolute atomic E-state index is 0.0868. The quantitative estimate of drug-likeness (QED) is 0.402. The molecule has 0 saturated heterocycles. The summed E-state index contributed by atoms with van der Waals surface area (Å²) in [4.78, 5) is 24.9. The number of rotatable bonds is 8. The molecule has 2 heterocycles. The van der Waals surface area contributed by atoms with Crippen molar-refractivity contribution < 1.29 is 14.3 Å². The molecule has 1 aromatic carbocycles. The van der Waals surface area contributed by atoms with Crippen molar-refractivity contribution in [2.24, 2.45) is 0 Å². The first-order valence-electron chi connectivity index (χ1n) is 9.61. The van der Waals surface area contributed by atoms with Crippen molar-refractivity contribution >= 4 is 40.0 Å². The van der Waals surface area contributed by atoms with Gasteiger partial charge in [-0.2, -0.15) is 5.26 Å². The van der Waals surface area contributed by atoms with Crippen molar-refractivity contribution in [2.75, 3.05) is 17.7 Å². The Kier molecular flexibility index (Phi) is 7.44. The van der Waals surface area contributed by atoms with Gasteiger partial charge in [0.1, 0.15) is 15.9 Å². The van der Waals surface area contributed by atoms with E-state index in [0.29, 0.717) is 27.1 Å². The third-order valence-electron chi connectivity index (χ3n) is 4.37. The molecule has 0 aliphatic heterocycles. The van der Waals surface area contributed by atoms with E-state index < -0.39 is 5.97 Å². The third-order valence-corrected chi connectivity index (χ3v) is 6.52. The molecule has 0 bridgehead atoms. The molecule has 0 unspecified atom stereocenters. The Morgan fingerprint density at radius 1 is 1.26 bits per heavy atom. The molecule has 2 aromatic heterocycles. The average Bonchev–Trinajstić information content (AvgIpc) is 3.33. The molecule has 0 spiro atoms. The summed E-state index contributed by atoms with van der Waals surface area (Å²) in [5.74, 6) is 0.0281. The molecule has 0 saturated carbocycles. The smallest absolute Gasteiger partial charge is 0.348 e. The molecule has 3 aromatic rings. The first kappa shape index (κ1) is 22.5. The minimum Gasteiger partial charge on any atom is -0.462 e. The highest BCUT2D eigenvalue weighted by Gasteiger charge is 2.22. The van der Waals surface area contributed by atoms with Crippen LogP contribution in [0.3, 0.4) is 0 Å². The summed E-state index contributed by atoms with van der Waals surface area (Å²) in [5, 5.41) is 21.7. The van der Waals surface area contributed by atoms with Crippen molar-refractivity contribution in [1.29, 1.82) is 5.26 Å². The van der Waals surface area contributed by atoms with Crippen LogP contribution in [0.2, 0.25) is 0 Å². The maximum atomic E-state index is 12.5. The molecule has 0 radical (unpaired) electrons. The van der Waals surface area contributed by atoms with E-state index in [9.17, 15) is 14.9 Å². The number of aromatic nitrogens is 3. The number of esters is 1. The lowest BCUT2D eigenvalue weighted by atomic mass is 10.2. The second-order valence-electron chi connectivity index (χ2n) is 6.35. The van der Waals surface area contributed by atoms with Gasteiger partial charge in [-0.25, -0.2) is 4.79 Å². The van der Waals surface area contributed by atoms with Crippen LogP contribution in [0.1, 0.15) is 34.6 Å². The Bertz CT molecular complexity index is 1130. The molecule has 0 aliphatic rings. The van der Waals surface area contributed by atoms with E-state index >= 15 is 0 Å². The number of nitrogens with one attached hydrogen (secondary N) is 1. The molecule has 160 valence electrons. The Balaban J connectivity index is 1.72. The predicted octanol–water partition coefficient (Wildman–Crippen LogP) is 4.11. The van der Waals surface area contributed by atoms with Crippen LogP contribution in [-0.4, -0.2) is 39.0 Å². The SMILES string of the molecule is CCOC(=O)c1sc(NC(=O)CSc2nnc(-c3ccccc3)n2CC)c(C#N)c1C. The maximum Gasteiger partial charge on any atom is 0.348 e. The van der Waals surface area contributed by atoms with Crippen LogP contribution >= 0.6 is 23.1 Å². The lowest BCUT2D eigenvalue weighted by Gasteiger charge is -2.07. The molecule has 31 heavy (non-hydrogen) atoms. The summed E-state index contributed by atoms with van der Waals surface area (Å²) in [5.41, 5.74) is 1.73. The van der Waals surface area contributed by atoms with Gasteiger partial charge in [0.2, 0.25) is 5.91 Å². The standard InChI is InChI=1S/C21H21N5O3S2/c1-4-26-18(14-9-7-6-8-10-14)24-25-21(26)30-12-16(27)23-19-15(11-22)13(3)17(31-19)20(28)29-5-2/h6-10H,4-5,12H2,1-3H3,(H,23,27). The fraction of sp³-hybridized carbons (Fsp3) is 0.286. The number of thiophene rings is 1. The number of amides is 1. The van der Waals surface area contributed by atoms with E-state index in [-0.39, 0.29) is 23.8 Å². The van der Waals surface area contributed by atoms with E-state index in [1.807, 2.05) is 41.8 Å². The fourth-order valence-electron chi connectivity index (χ4n) is 2.90. The van der Waals surface area contributed by atoms with Gasteiger partial charge in [0.25, 0.3) is 0 Å². The highest BCUT2D eigenvalue weighted by molar-refractivity contribution is 7.99. The number of carbonyl (C=O) groups is 2. The number of ether oxygens (including phenoxy) is 1. The molecule has 0 fully saturated rings. The molecule has 0 atom stereocenters. The van der Waals surface area contributed by atoms with Crippen molar-refractivity contribution in [3.05, 3.63) is 46.3 Å². The number of nitriles is 1. The molecule has 8 nitrogen and oxygen atoms in total. The number of thioether (sulfide) groups is 1. The zero-order valence-corrected chi connectivity index (χ0v) is 19.0. The molecule has 3 rings (SSSR count). The molecule has 10 heteroatoms. The molecule has 1 N–H and O–H groups in total. The Morgan fingerprint density at radius 3 is 2.65 bits per heavy atom. The van der Waals surface area contributed by atoms with Gasteiger partial charge in [-0.3, -0.25) is 4.79 Å². The van der Waals surface area contributed by atoms with Gasteiger partial charge in [-0.1, -0.05) is 42.1 Å². The topological polar surface area (TPSA) is 110 Å². The van der Waals surface area contributed by atoms with Gasteiger partial charge in [-0.05, 0) is 26.3 Å². The lowest BCUT2D eigenvalue weighted by molar-refractivity contribution is -0.113. The van der Waals surface area contributed by atoms with Crippen LogP contribution in [0, 0.1) is 18.3 Å². The van der Waals surface area contributed by atoms with Crippen LogP contribution in [0.5, 0.6) is 0 Å². The normalized spacial score (nSPS) is 10.5. The molecule has 0 aliphatic carbocycles. The average molecular weight is 456 g/mol. The number of hydrogen-bond acceptors (Lipinski definition) is 8. The number of carbonyl (C=O) groups excluding carboxylic acids is 2. The second-order valence-corrected chi connectivity index (χ2v) is 8.31. The summed E-state index contributed by atoms with van der Waals surface area (Å²) in [6.45, 7) is 6.27. The summed E-state index contributed by atoms with van der Waals surface area (Å²) in [6, 6.07) is 11.8. The Labute approximate surface area is 188 Å². The number of anilines is 1. The van der Waals surface area contributed by atoms with Crippen LogP contribution in [0.4, 0.5) is 5.00 Å². The van der Waals surface area contributed by atoms with E-state index in [1.165, 1.54) is 11.8 Å². The van der Waals surface area contributed by atoms with E-state index in [0.717, 1.165) is 22.7 Å². The van der Waals surface area contributed by atoms with Crippen molar-refractivity contribution in [1.82, 2.24) is 14.8 Å². The van der Waals surface area contributed by atoms with Crippen molar-refractivity contribution in [3.63, 3.8) is 0 Å². The summed E-state index contributed by atoms with van der Waals surface area (Å²) in [7, 11) is 0. The van der Waals surface area contributed by atoms with Crippen LogP contribution in [-0.2, 0) is 16.1 Å². The number of benzene rings is 1. The van der Waals surface area contributed by atoms with Crippen LogP contribution < -0.4 is 5.32 Å².